The first-order chi connectivity index (χ1) is 10.7. The van der Waals surface area contributed by atoms with Crippen LogP contribution >= 0.6 is 0 Å². The van der Waals surface area contributed by atoms with E-state index in [9.17, 15) is 9.90 Å². The van der Waals surface area contributed by atoms with Gasteiger partial charge in [0.2, 0.25) is 5.91 Å². The molecular weight excluding hydrogens is 278 g/mol. The minimum absolute atomic E-state index is 0.0237. The zero-order valence-electron chi connectivity index (χ0n) is 13.1. The fourth-order valence-corrected chi connectivity index (χ4v) is 3.65. The summed E-state index contributed by atoms with van der Waals surface area (Å²) in [4.78, 5) is 14.5. The van der Waals surface area contributed by atoms with Gasteiger partial charge < -0.3 is 14.7 Å². The number of aliphatic hydroxyl groups is 1. The van der Waals surface area contributed by atoms with Gasteiger partial charge in [-0.25, -0.2) is 0 Å². The number of ether oxygens (including phenoxy) is 1. The first-order valence-corrected chi connectivity index (χ1v) is 8.30. The molecular formula is C18H25NO3. The Labute approximate surface area is 132 Å². The minimum Gasteiger partial charge on any atom is -0.388 e. The summed E-state index contributed by atoms with van der Waals surface area (Å²) in [7, 11) is 0. The van der Waals surface area contributed by atoms with Crippen molar-refractivity contribution >= 4 is 5.91 Å². The predicted molar refractivity (Wildman–Crippen MR) is 84.2 cm³/mol. The standard InChI is InChI=1S/C18H25NO3/c1-13-16(9-12-22-13)18(21)19-10-7-15(8-11-19)17(20)14-5-3-2-4-6-14/h2-6,13,15-17,20H,7-12H2,1H3. The van der Waals surface area contributed by atoms with E-state index in [1.807, 2.05) is 42.2 Å². The number of hydrogen-bond donors (Lipinski definition) is 1. The largest absolute Gasteiger partial charge is 0.388 e. The maximum Gasteiger partial charge on any atom is 0.228 e. The van der Waals surface area contributed by atoms with Crippen molar-refractivity contribution in [1.82, 2.24) is 4.90 Å². The molecule has 0 aliphatic carbocycles. The number of carbonyl (C=O) groups excluding carboxylic acids is 1. The highest BCUT2D eigenvalue weighted by molar-refractivity contribution is 5.79. The Balaban J connectivity index is 1.55. The minimum atomic E-state index is -0.424. The van der Waals surface area contributed by atoms with Crippen molar-refractivity contribution in [2.75, 3.05) is 19.7 Å². The number of hydrogen-bond acceptors (Lipinski definition) is 3. The number of rotatable bonds is 3. The van der Waals surface area contributed by atoms with Crippen molar-refractivity contribution < 1.29 is 14.6 Å². The predicted octanol–water partition coefficient (Wildman–Crippen LogP) is 2.38. The highest BCUT2D eigenvalue weighted by Crippen LogP contribution is 2.32. The molecule has 0 aromatic heterocycles. The van der Waals surface area contributed by atoms with Gasteiger partial charge in [-0.15, -0.1) is 0 Å². The summed E-state index contributed by atoms with van der Waals surface area (Å²) in [5.41, 5.74) is 0.977. The molecule has 0 saturated carbocycles. The third-order valence-corrected chi connectivity index (χ3v) is 5.13. The Morgan fingerprint density at radius 3 is 2.50 bits per heavy atom. The van der Waals surface area contributed by atoms with E-state index in [2.05, 4.69) is 0 Å². The second-order valence-electron chi connectivity index (χ2n) is 6.49. The maximum absolute atomic E-state index is 12.5. The van der Waals surface area contributed by atoms with E-state index in [1.165, 1.54) is 0 Å². The van der Waals surface area contributed by atoms with Crippen LogP contribution in [0.15, 0.2) is 30.3 Å². The highest BCUT2D eigenvalue weighted by atomic mass is 16.5. The van der Waals surface area contributed by atoms with Crippen molar-refractivity contribution in [2.45, 2.75) is 38.4 Å². The lowest BCUT2D eigenvalue weighted by Crippen LogP contribution is -2.44. The Morgan fingerprint density at radius 2 is 1.91 bits per heavy atom. The lowest BCUT2D eigenvalue weighted by atomic mass is 9.87. The summed E-state index contributed by atoms with van der Waals surface area (Å²) in [6.07, 6.45) is 2.19. The van der Waals surface area contributed by atoms with Crippen molar-refractivity contribution in [1.29, 1.82) is 0 Å². The zero-order chi connectivity index (χ0) is 15.5. The number of aliphatic hydroxyl groups excluding tert-OH is 1. The van der Waals surface area contributed by atoms with E-state index < -0.39 is 6.10 Å². The van der Waals surface area contributed by atoms with Crippen LogP contribution in [0.2, 0.25) is 0 Å². The average Bonchev–Trinajstić information content (AvgIpc) is 3.00. The van der Waals surface area contributed by atoms with Gasteiger partial charge in [-0.05, 0) is 37.7 Å². The summed E-state index contributed by atoms with van der Waals surface area (Å²) < 4.78 is 5.51. The number of amides is 1. The lowest BCUT2D eigenvalue weighted by Gasteiger charge is -2.36. The van der Waals surface area contributed by atoms with Crippen molar-refractivity contribution in [3.63, 3.8) is 0 Å². The van der Waals surface area contributed by atoms with Crippen LogP contribution in [-0.4, -0.2) is 41.7 Å². The van der Waals surface area contributed by atoms with Gasteiger partial charge in [-0.3, -0.25) is 4.79 Å². The first-order valence-electron chi connectivity index (χ1n) is 8.30. The normalized spacial score (nSPS) is 27.8. The Bertz CT molecular complexity index is 496. The Kier molecular flexibility index (Phi) is 4.79. The molecule has 2 aliphatic rings. The molecule has 0 bridgehead atoms. The number of piperidine rings is 1. The molecule has 3 rings (SSSR count). The monoisotopic (exact) mass is 303 g/mol. The molecule has 22 heavy (non-hydrogen) atoms. The van der Waals surface area contributed by atoms with E-state index in [0.717, 1.165) is 37.9 Å². The molecule has 3 atom stereocenters. The molecule has 3 unspecified atom stereocenters. The summed E-state index contributed by atoms with van der Waals surface area (Å²) >= 11 is 0. The van der Waals surface area contributed by atoms with Crippen molar-refractivity contribution in [3.05, 3.63) is 35.9 Å². The summed E-state index contributed by atoms with van der Waals surface area (Å²) in [6, 6.07) is 9.82. The van der Waals surface area contributed by atoms with Crippen LogP contribution in [0.4, 0.5) is 0 Å². The van der Waals surface area contributed by atoms with Crippen LogP contribution in [0.1, 0.15) is 37.9 Å². The number of likely N-dealkylation sites (tertiary alicyclic amines) is 1. The van der Waals surface area contributed by atoms with Crippen LogP contribution in [0, 0.1) is 11.8 Å². The molecule has 4 heteroatoms. The second kappa shape index (κ2) is 6.80. The molecule has 2 saturated heterocycles. The fraction of sp³-hybridized carbons (Fsp3) is 0.611. The zero-order valence-corrected chi connectivity index (χ0v) is 13.1. The number of nitrogens with zero attached hydrogens (tertiary/aromatic N) is 1. The van der Waals surface area contributed by atoms with E-state index >= 15 is 0 Å². The van der Waals surface area contributed by atoms with Crippen LogP contribution in [0.5, 0.6) is 0 Å². The van der Waals surface area contributed by atoms with Gasteiger partial charge in [-0.2, -0.15) is 0 Å². The van der Waals surface area contributed by atoms with E-state index in [1.54, 1.807) is 0 Å². The van der Waals surface area contributed by atoms with Gasteiger partial charge in [0.1, 0.15) is 0 Å². The topological polar surface area (TPSA) is 49.8 Å². The van der Waals surface area contributed by atoms with E-state index in [-0.39, 0.29) is 23.8 Å². The SMILES string of the molecule is CC1OCCC1C(=O)N1CCC(C(O)c2ccccc2)CC1. The summed E-state index contributed by atoms with van der Waals surface area (Å²) in [6.45, 7) is 4.18. The lowest BCUT2D eigenvalue weighted by molar-refractivity contribution is -0.139. The van der Waals surface area contributed by atoms with Gasteiger partial charge in [0.25, 0.3) is 0 Å². The molecule has 4 nitrogen and oxygen atoms in total. The van der Waals surface area contributed by atoms with Crippen molar-refractivity contribution in [3.8, 4) is 0 Å². The Hall–Kier alpha value is -1.39. The summed E-state index contributed by atoms with van der Waals surface area (Å²) in [5, 5.41) is 10.5. The molecule has 0 radical (unpaired) electrons. The summed E-state index contributed by atoms with van der Waals surface area (Å²) in [5.74, 6) is 0.497. The maximum atomic E-state index is 12.5. The Morgan fingerprint density at radius 1 is 1.23 bits per heavy atom. The van der Waals surface area contributed by atoms with E-state index in [0.29, 0.717) is 6.61 Å². The molecule has 0 spiro atoms. The average molecular weight is 303 g/mol. The van der Waals surface area contributed by atoms with E-state index in [4.69, 9.17) is 4.74 Å². The van der Waals surface area contributed by atoms with Gasteiger partial charge >= 0.3 is 0 Å². The van der Waals surface area contributed by atoms with Crippen LogP contribution in [0.3, 0.4) is 0 Å². The van der Waals surface area contributed by atoms with Crippen LogP contribution in [-0.2, 0) is 9.53 Å². The molecule has 1 N–H and O–H groups in total. The first kappa shape index (κ1) is 15.5. The number of carbonyl (C=O) groups is 1. The molecule has 1 aromatic rings. The van der Waals surface area contributed by atoms with Crippen LogP contribution in [0.25, 0.3) is 0 Å². The van der Waals surface area contributed by atoms with Gasteiger partial charge in [-0.1, -0.05) is 30.3 Å². The third kappa shape index (κ3) is 3.18. The molecule has 1 aromatic carbocycles. The molecule has 2 fully saturated rings. The highest BCUT2D eigenvalue weighted by Gasteiger charge is 2.36. The fourth-order valence-electron chi connectivity index (χ4n) is 3.65. The smallest absolute Gasteiger partial charge is 0.228 e. The molecule has 1 amide bonds. The quantitative estimate of drug-likeness (QED) is 0.933. The molecule has 2 aliphatic heterocycles. The van der Waals surface area contributed by atoms with Crippen LogP contribution < -0.4 is 0 Å². The second-order valence-corrected chi connectivity index (χ2v) is 6.49. The number of benzene rings is 1. The molecule has 2 heterocycles. The third-order valence-electron chi connectivity index (χ3n) is 5.13. The van der Waals surface area contributed by atoms with Gasteiger partial charge in [0.15, 0.2) is 0 Å². The van der Waals surface area contributed by atoms with Gasteiger partial charge in [0.05, 0.1) is 18.1 Å². The van der Waals surface area contributed by atoms with Crippen molar-refractivity contribution in [2.24, 2.45) is 11.8 Å². The molecule has 120 valence electrons. The van der Waals surface area contributed by atoms with Gasteiger partial charge in [0, 0.05) is 19.7 Å².